The van der Waals surface area contributed by atoms with Gasteiger partial charge in [-0.1, -0.05) is 38.1 Å². The highest BCUT2D eigenvalue weighted by atomic mass is 19.1. The first kappa shape index (κ1) is 19.6. The number of fused-ring (bicyclic) bond motifs is 1. The third-order valence-corrected chi connectivity index (χ3v) is 4.35. The molecule has 1 heterocycles. The molecular weight excluding hydrogens is 359 g/mol. The maximum absolute atomic E-state index is 13.1. The Morgan fingerprint density at radius 1 is 1.18 bits per heavy atom. The molecule has 0 aromatic heterocycles. The van der Waals surface area contributed by atoms with Gasteiger partial charge in [-0.25, -0.2) is 4.39 Å². The zero-order valence-corrected chi connectivity index (χ0v) is 15.9. The fourth-order valence-corrected chi connectivity index (χ4v) is 2.83. The molecule has 0 radical (unpaired) electrons. The van der Waals surface area contributed by atoms with Gasteiger partial charge in [0.2, 0.25) is 5.91 Å². The summed E-state index contributed by atoms with van der Waals surface area (Å²) < 4.78 is 18.9. The smallest absolute Gasteiger partial charge is 0.294 e. The minimum absolute atomic E-state index is 0.0836. The molecule has 1 aliphatic rings. The lowest BCUT2D eigenvalue weighted by Crippen LogP contribution is -2.44. The summed E-state index contributed by atoms with van der Waals surface area (Å²) in [6, 6.07) is 12.8. The molecule has 0 fully saturated rings. The third kappa shape index (κ3) is 4.76. The minimum atomic E-state index is -0.415. The normalized spacial score (nSPS) is 14.8. The van der Waals surface area contributed by atoms with E-state index in [1.807, 2.05) is 0 Å². The van der Waals surface area contributed by atoms with Crippen molar-refractivity contribution in [1.82, 2.24) is 5.32 Å². The predicted molar refractivity (Wildman–Crippen MR) is 106 cm³/mol. The average Bonchev–Trinajstić information content (AvgIpc) is 2.66. The summed E-state index contributed by atoms with van der Waals surface area (Å²) in [5, 5.41) is 2.85. The fraction of sp³-hybridized carbons (Fsp3) is 0.273. The van der Waals surface area contributed by atoms with Crippen LogP contribution >= 0.6 is 0 Å². The number of para-hydroxylation sites is 2. The van der Waals surface area contributed by atoms with Crippen molar-refractivity contribution < 1.29 is 18.7 Å². The van der Waals surface area contributed by atoms with Crippen LogP contribution in [0.3, 0.4) is 0 Å². The summed E-state index contributed by atoms with van der Waals surface area (Å²) in [6.45, 7) is 4.63. The van der Waals surface area contributed by atoms with E-state index in [2.05, 4.69) is 19.2 Å². The van der Waals surface area contributed by atoms with Crippen molar-refractivity contribution in [3.63, 3.8) is 0 Å². The number of rotatable bonds is 6. The number of ether oxygens (including phenoxy) is 1. The summed E-state index contributed by atoms with van der Waals surface area (Å²) in [6.07, 6.45) is 2.41. The monoisotopic (exact) mass is 382 g/mol. The summed E-state index contributed by atoms with van der Waals surface area (Å²) in [5.74, 6) is 0.0546. The molecule has 2 amide bonds. The number of anilines is 1. The van der Waals surface area contributed by atoms with Gasteiger partial charge in [0.1, 0.15) is 12.4 Å². The number of carbonyl (C=O) groups excluding carboxylic acids is 2. The van der Waals surface area contributed by atoms with Crippen LogP contribution in [0.1, 0.15) is 25.8 Å². The van der Waals surface area contributed by atoms with Crippen LogP contribution < -0.4 is 15.0 Å². The van der Waals surface area contributed by atoms with Crippen LogP contribution in [-0.2, 0) is 9.59 Å². The van der Waals surface area contributed by atoms with Crippen LogP contribution in [0.4, 0.5) is 10.1 Å². The molecule has 146 valence electrons. The van der Waals surface area contributed by atoms with E-state index in [4.69, 9.17) is 4.74 Å². The Hall–Kier alpha value is -3.15. The van der Waals surface area contributed by atoms with Gasteiger partial charge in [-0.05, 0) is 48.2 Å². The molecule has 0 atom stereocenters. The Labute approximate surface area is 163 Å². The van der Waals surface area contributed by atoms with Crippen LogP contribution in [0.15, 0.2) is 54.3 Å². The first-order chi connectivity index (χ1) is 13.4. The second-order valence-electron chi connectivity index (χ2n) is 7.05. The van der Waals surface area contributed by atoms with Gasteiger partial charge in [0.05, 0.1) is 5.69 Å². The number of hydrogen-bond acceptors (Lipinski definition) is 3. The summed E-state index contributed by atoms with van der Waals surface area (Å²) in [5.41, 5.74) is 1.17. The van der Waals surface area contributed by atoms with Gasteiger partial charge >= 0.3 is 0 Å². The second-order valence-corrected chi connectivity index (χ2v) is 7.05. The molecule has 0 saturated carbocycles. The topological polar surface area (TPSA) is 58.6 Å². The standard InChI is InChI=1S/C22H23FN2O3/c1-15(2)11-12-24-21(26)14-25-18-5-3-4-6-19(18)28-20(22(25)27)13-16-7-9-17(23)10-8-16/h3-10,13,15H,11-12,14H2,1-2H3,(H,24,26). The second kappa shape index (κ2) is 8.69. The zero-order valence-electron chi connectivity index (χ0n) is 15.9. The lowest BCUT2D eigenvalue weighted by Gasteiger charge is -2.30. The van der Waals surface area contributed by atoms with Gasteiger partial charge in [0.25, 0.3) is 5.91 Å². The Balaban J connectivity index is 1.82. The summed E-state index contributed by atoms with van der Waals surface area (Å²) in [4.78, 5) is 26.7. The number of nitrogens with zero attached hydrogens (tertiary/aromatic N) is 1. The molecule has 0 bridgehead atoms. The van der Waals surface area contributed by atoms with E-state index in [0.29, 0.717) is 29.5 Å². The van der Waals surface area contributed by atoms with E-state index in [0.717, 1.165) is 6.42 Å². The number of amides is 2. The van der Waals surface area contributed by atoms with Crippen molar-refractivity contribution in [2.45, 2.75) is 20.3 Å². The molecule has 0 aliphatic carbocycles. The molecule has 2 aromatic carbocycles. The van der Waals surface area contributed by atoms with E-state index < -0.39 is 5.91 Å². The number of carbonyl (C=O) groups is 2. The highest BCUT2D eigenvalue weighted by Gasteiger charge is 2.31. The SMILES string of the molecule is CC(C)CCNC(=O)CN1C(=O)C(=Cc2ccc(F)cc2)Oc2ccccc21. The fourth-order valence-electron chi connectivity index (χ4n) is 2.83. The maximum atomic E-state index is 13.1. The van der Waals surface area contributed by atoms with Gasteiger partial charge in [-0.2, -0.15) is 0 Å². The van der Waals surface area contributed by atoms with E-state index in [1.165, 1.54) is 17.0 Å². The van der Waals surface area contributed by atoms with E-state index in [-0.39, 0.29) is 24.0 Å². The quantitative estimate of drug-likeness (QED) is 0.774. The van der Waals surface area contributed by atoms with Gasteiger partial charge in [0.15, 0.2) is 11.5 Å². The van der Waals surface area contributed by atoms with Crippen molar-refractivity contribution in [2.75, 3.05) is 18.0 Å². The van der Waals surface area contributed by atoms with E-state index in [1.54, 1.807) is 42.5 Å². The average molecular weight is 382 g/mol. The Morgan fingerprint density at radius 2 is 1.89 bits per heavy atom. The third-order valence-electron chi connectivity index (χ3n) is 4.35. The minimum Gasteiger partial charge on any atom is -0.449 e. The highest BCUT2D eigenvalue weighted by Crippen LogP contribution is 2.35. The number of benzene rings is 2. The molecule has 5 nitrogen and oxygen atoms in total. The van der Waals surface area contributed by atoms with E-state index in [9.17, 15) is 14.0 Å². The van der Waals surface area contributed by atoms with Crippen molar-refractivity contribution >= 4 is 23.6 Å². The van der Waals surface area contributed by atoms with Crippen LogP contribution in [0.5, 0.6) is 5.75 Å². The number of halogens is 1. The molecule has 0 unspecified atom stereocenters. The van der Waals surface area contributed by atoms with Gasteiger partial charge < -0.3 is 10.1 Å². The van der Waals surface area contributed by atoms with Crippen LogP contribution in [0.25, 0.3) is 6.08 Å². The van der Waals surface area contributed by atoms with Gasteiger partial charge in [-0.15, -0.1) is 0 Å². The summed E-state index contributed by atoms with van der Waals surface area (Å²) in [7, 11) is 0. The van der Waals surface area contributed by atoms with E-state index >= 15 is 0 Å². The van der Waals surface area contributed by atoms with Gasteiger partial charge in [-0.3, -0.25) is 14.5 Å². The van der Waals surface area contributed by atoms with Crippen LogP contribution in [-0.4, -0.2) is 24.9 Å². The van der Waals surface area contributed by atoms with Crippen molar-refractivity contribution in [3.8, 4) is 5.75 Å². The lowest BCUT2D eigenvalue weighted by molar-refractivity contribution is -0.123. The first-order valence-electron chi connectivity index (χ1n) is 9.27. The Morgan fingerprint density at radius 3 is 2.61 bits per heavy atom. The van der Waals surface area contributed by atoms with Crippen molar-refractivity contribution in [2.24, 2.45) is 5.92 Å². The highest BCUT2D eigenvalue weighted by molar-refractivity contribution is 6.12. The molecule has 6 heteroatoms. The molecule has 1 aliphatic heterocycles. The molecular formula is C22H23FN2O3. The predicted octanol–water partition coefficient (Wildman–Crippen LogP) is 3.75. The molecule has 28 heavy (non-hydrogen) atoms. The largest absolute Gasteiger partial charge is 0.449 e. The zero-order chi connectivity index (χ0) is 20.1. The molecule has 0 saturated heterocycles. The number of nitrogens with one attached hydrogen (secondary N) is 1. The molecule has 0 spiro atoms. The van der Waals surface area contributed by atoms with Crippen molar-refractivity contribution in [3.05, 3.63) is 65.7 Å². The summed E-state index contributed by atoms with van der Waals surface area (Å²) >= 11 is 0. The van der Waals surface area contributed by atoms with Crippen LogP contribution in [0, 0.1) is 11.7 Å². The molecule has 2 aromatic rings. The number of hydrogen-bond donors (Lipinski definition) is 1. The van der Waals surface area contributed by atoms with Crippen LogP contribution in [0.2, 0.25) is 0 Å². The lowest BCUT2D eigenvalue weighted by atomic mass is 10.1. The van der Waals surface area contributed by atoms with Crippen molar-refractivity contribution in [1.29, 1.82) is 0 Å². The first-order valence-corrected chi connectivity index (χ1v) is 9.27. The van der Waals surface area contributed by atoms with Gasteiger partial charge in [0, 0.05) is 6.54 Å². The molecule has 3 rings (SSSR count). The molecule has 1 N–H and O–H groups in total. The Bertz CT molecular complexity index is 891. The Kier molecular flexibility index (Phi) is 6.09. The maximum Gasteiger partial charge on any atom is 0.294 e.